The van der Waals surface area contributed by atoms with E-state index in [2.05, 4.69) is 22.4 Å². The van der Waals surface area contributed by atoms with Crippen molar-refractivity contribution in [3.8, 4) is 11.4 Å². The van der Waals surface area contributed by atoms with Gasteiger partial charge in [0.1, 0.15) is 5.82 Å². The molecule has 0 unspecified atom stereocenters. The predicted molar refractivity (Wildman–Crippen MR) is 75.8 cm³/mol. The van der Waals surface area contributed by atoms with Crippen LogP contribution in [-0.4, -0.2) is 33.4 Å². The second-order valence-electron chi connectivity index (χ2n) is 5.82. The summed E-state index contributed by atoms with van der Waals surface area (Å²) in [6.07, 6.45) is 1.88. The van der Waals surface area contributed by atoms with E-state index in [1.54, 1.807) is 16.8 Å². The van der Waals surface area contributed by atoms with E-state index in [1.807, 2.05) is 0 Å². The summed E-state index contributed by atoms with van der Waals surface area (Å²) in [5, 5.41) is 11.7. The summed E-state index contributed by atoms with van der Waals surface area (Å²) < 4.78 is 21.1. The van der Waals surface area contributed by atoms with Crippen molar-refractivity contribution >= 4 is 5.69 Å². The largest absolute Gasteiger partial charge is 0.399 e. The molecule has 0 aliphatic carbocycles. The fourth-order valence-electron chi connectivity index (χ4n) is 2.60. The molecule has 0 atom stereocenters. The Morgan fingerprint density at radius 1 is 1.38 bits per heavy atom. The molecule has 112 valence electrons. The number of hydrogen-bond donors (Lipinski definition) is 1. The molecule has 0 saturated carbocycles. The van der Waals surface area contributed by atoms with Gasteiger partial charge in [0.25, 0.3) is 0 Å². The number of hydrogen-bond acceptors (Lipinski definition) is 5. The molecule has 1 aromatic carbocycles. The van der Waals surface area contributed by atoms with E-state index in [1.165, 1.54) is 6.07 Å². The smallest absolute Gasteiger partial charge is 0.184 e. The maximum atomic E-state index is 14.1. The zero-order chi connectivity index (χ0) is 14.9. The van der Waals surface area contributed by atoms with Gasteiger partial charge in [-0.1, -0.05) is 6.92 Å². The van der Waals surface area contributed by atoms with E-state index >= 15 is 0 Å². The van der Waals surface area contributed by atoms with Gasteiger partial charge in [0.2, 0.25) is 0 Å². The maximum Gasteiger partial charge on any atom is 0.184 e. The van der Waals surface area contributed by atoms with E-state index < -0.39 is 5.82 Å². The molecule has 2 N–H and O–H groups in total. The summed E-state index contributed by atoms with van der Waals surface area (Å²) in [5.74, 6) is 0.0170. The monoisotopic (exact) mass is 291 g/mol. The van der Waals surface area contributed by atoms with Crippen LogP contribution < -0.4 is 5.73 Å². The van der Waals surface area contributed by atoms with Crippen LogP contribution in [0.3, 0.4) is 0 Å². The fourth-order valence-corrected chi connectivity index (χ4v) is 2.60. The second-order valence-corrected chi connectivity index (χ2v) is 5.82. The molecule has 1 fully saturated rings. The number of rotatable bonds is 3. The first-order chi connectivity index (χ1) is 10.1. The Morgan fingerprint density at radius 2 is 2.14 bits per heavy atom. The first-order valence-corrected chi connectivity index (χ1v) is 6.97. The zero-order valence-electron chi connectivity index (χ0n) is 11.9. The van der Waals surface area contributed by atoms with Gasteiger partial charge in [-0.2, -0.15) is 0 Å². The second kappa shape index (κ2) is 5.40. The number of ether oxygens (including phenoxy) is 1. The van der Waals surface area contributed by atoms with Gasteiger partial charge in [0, 0.05) is 18.9 Å². The van der Waals surface area contributed by atoms with Gasteiger partial charge in [-0.3, -0.25) is 0 Å². The van der Waals surface area contributed by atoms with E-state index in [4.69, 9.17) is 10.5 Å². The predicted octanol–water partition coefficient (Wildman–Crippen LogP) is 1.88. The highest BCUT2D eigenvalue weighted by atomic mass is 19.1. The minimum atomic E-state index is -0.414. The Balaban J connectivity index is 1.90. The molecule has 0 spiro atoms. The molecule has 7 heteroatoms. The minimum Gasteiger partial charge on any atom is -0.399 e. The average Bonchev–Trinajstić information content (AvgIpc) is 2.87. The third kappa shape index (κ3) is 2.87. The first-order valence-electron chi connectivity index (χ1n) is 6.97. The Morgan fingerprint density at radius 3 is 2.86 bits per heavy atom. The molecule has 1 aromatic heterocycles. The van der Waals surface area contributed by atoms with Gasteiger partial charge in [-0.15, -0.1) is 5.10 Å². The Bertz CT molecular complexity index is 636. The lowest BCUT2D eigenvalue weighted by Crippen LogP contribution is -2.31. The van der Waals surface area contributed by atoms with Crippen molar-refractivity contribution in [3.05, 3.63) is 24.0 Å². The number of benzene rings is 1. The molecule has 3 rings (SSSR count). The molecule has 2 aromatic rings. The first kappa shape index (κ1) is 13.9. The van der Waals surface area contributed by atoms with E-state index in [9.17, 15) is 4.39 Å². The summed E-state index contributed by atoms with van der Waals surface area (Å²) in [6.45, 7) is 4.30. The molecule has 0 bridgehead atoms. The average molecular weight is 291 g/mol. The summed E-state index contributed by atoms with van der Waals surface area (Å²) in [6, 6.07) is 4.54. The summed E-state index contributed by atoms with van der Waals surface area (Å²) in [4.78, 5) is 0. The number of nitrogen functional groups attached to an aromatic ring is 1. The lowest BCUT2D eigenvalue weighted by Gasteiger charge is -2.33. The molecule has 2 heterocycles. The molecule has 0 radical (unpaired) electrons. The zero-order valence-corrected chi connectivity index (χ0v) is 11.9. The van der Waals surface area contributed by atoms with Gasteiger partial charge in [-0.25, -0.2) is 9.07 Å². The highest BCUT2D eigenvalue weighted by molar-refractivity contribution is 5.59. The van der Waals surface area contributed by atoms with E-state index in [-0.39, 0.29) is 5.41 Å². The van der Waals surface area contributed by atoms with Crippen molar-refractivity contribution < 1.29 is 9.13 Å². The van der Waals surface area contributed by atoms with Crippen LogP contribution in [0.2, 0.25) is 0 Å². The van der Waals surface area contributed by atoms with Crippen molar-refractivity contribution in [3.63, 3.8) is 0 Å². The van der Waals surface area contributed by atoms with Crippen LogP contribution in [0.5, 0.6) is 0 Å². The standard InChI is InChI=1S/C14H18FN5O/c1-14(4-6-21-7-5-14)9-20-13(17-18-19-20)11-3-2-10(16)8-12(11)15/h2-3,8H,4-7,9,16H2,1H3. The van der Waals surface area contributed by atoms with Crippen molar-refractivity contribution in [1.29, 1.82) is 0 Å². The van der Waals surface area contributed by atoms with Crippen LogP contribution in [0.15, 0.2) is 18.2 Å². The lowest BCUT2D eigenvalue weighted by molar-refractivity contribution is 0.0138. The fraction of sp³-hybridized carbons (Fsp3) is 0.500. The van der Waals surface area contributed by atoms with Gasteiger partial charge in [0.15, 0.2) is 5.82 Å². The lowest BCUT2D eigenvalue weighted by atomic mass is 9.82. The highest BCUT2D eigenvalue weighted by Gasteiger charge is 2.29. The summed E-state index contributed by atoms with van der Waals surface area (Å²) in [5.41, 5.74) is 6.39. The number of anilines is 1. The van der Waals surface area contributed by atoms with E-state index in [0.717, 1.165) is 26.1 Å². The van der Waals surface area contributed by atoms with Gasteiger partial charge < -0.3 is 10.5 Å². The van der Waals surface area contributed by atoms with Crippen LogP contribution in [0.1, 0.15) is 19.8 Å². The number of halogens is 1. The normalized spacial score (nSPS) is 17.8. The molecule has 1 aliphatic rings. The highest BCUT2D eigenvalue weighted by Crippen LogP contribution is 2.33. The minimum absolute atomic E-state index is 0.0622. The number of tetrazole rings is 1. The Kier molecular flexibility index (Phi) is 3.59. The third-order valence-corrected chi connectivity index (χ3v) is 4.00. The number of aromatic nitrogens is 4. The molecule has 0 amide bonds. The van der Waals surface area contributed by atoms with E-state index in [0.29, 0.717) is 23.6 Å². The molecular weight excluding hydrogens is 273 g/mol. The maximum absolute atomic E-state index is 14.1. The van der Waals surface area contributed by atoms with Gasteiger partial charge >= 0.3 is 0 Å². The summed E-state index contributed by atoms with van der Waals surface area (Å²) in [7, 11) is 0. The van der Waals surface area contributed by atoms with Crippen LogP contribution in [0.25, 0.3) is 11.4 Å². The van der Waals surface area contributed by atoms with Crippen LogP contribution in [0, 0.1) is 11.2 Å². The molecular formula is C14H18FN5O. The topological polar surface area (TPSA) is 78.9 Å². The van der Waals surface area contributed by atoms with Crippen molar-refractivity contribution in [1.82, 2.24) is 20.2 Å². The van der Waals surface area contributed by atoms with Crippen LogP contribution in [-0.2, 0) is 11.3 Å². The van der Waals surface area contributed by atoms with Gasteiger partial charge in [0.05, 0.1) is 12.1 Å². The number of nitrogens with two attached hydrogens (primary N) is 1. The molecule has 6 nitrogen and oxygen atoms in total. The van der Waals surface area contributed by atoms with Gasteiger partial charge in [-0.05, 0) is 46.9 Å². The SMILES string of the molecule is CC1(Cn2nnnc2-c2ccc(N)cc2F)CCOCC1. The Labute approximate surface area is 122 Å². The molecule has 1 aliphatic heterocycles. The quantitative estimate of drug-likeness (QED) is 0.873. The number of nitrogens with zero attached hydrogens (tertiary/aromatic N) is 4. The van der Waals surface area contributed by atoms with Crippen LogP contribution >= 0.6 is 0 Å². The van der Waals surface area contributed by atoms with Crippen molar-refractivity contribution in [2.24, 2.45) is 5.41 Å². The van der Waals surface area contributed by atoms with Crippen molar-refractivity contribution in [2.75, 3.05) is 18.9 Å². The van der Waals surface area contributed by atoms with Crippen molar-refractivity contribution in [2.45, 2.75) is 26.3 Å². The Hall–Kier alpha value is -2.02. The molecule has 1 saturated heterocycles. The summed E-state index contributed by atoms with van der Waals surface area (Å²) >= 11 is 0. The third-order valence-electron chi connectivity index (χ3n) is 4.00. The van der Waals surface area contributed by atoms with Crippen LogP contribution in [0.4, 0.5) is 10.1 Å². The molecule has 21 heavy (non-hydrogen) atoms.